The van der Waals surface area contributed by atoms with Crippen LogP contribution in [0.25, 0.3) is 0 Å². The lowest BCUT2D eigenvalue weighted by Gasteiger charge is -2.16. The van der Waals surface area contributed by atoms with Crippen molar-refractivity contribution < 1.29 is 19.1 Å². The molecule has 5 nitrogen and oxygen atoms in total. The molecule has 1 aromatic rings. The zero-order chi connectivity index (χ0) is 17.8. The number of unbranched alkanes of at least 4 members (excludes halogenated alkanes) is 2. The van der Waals surface area contributed by atoms with E-state index in [0.29, 0.717) is 13.0 Å². The normalized spacial score (nSPS) is 11.4. The van der Waals surface area contributed by atoms with E-state index in [9.17, 15) is 9.59 Å². The van der Waals surface area contributed by atoms with Gasteiger partial charge in [0, 0.05) is 13.3 Å². The Morgan fingerprint density at radius 2 is 1.96 bits per heavy atom. The highest BCUT2D eigenvalue weighted by molar-refractivity contribution is 5.83. The molecule has 0 heterocycles. The van der Waals surface area contributed by atoms with Crippen molar-refractivity contribution in [2.24, 2.45) is 0 Å². The Hall–Kier alpha value is -2.30. The molecule has 0 aliphatic heterocycles. The number of esters is 1. The van der Waals surface area contributed by atoms with Gasteiger partial charge in [-0.2, -0.15) is 0 Å². The Balaban J connectivity index is 2.54. The standard InChI is InChI=1S/C19H27NO4/c1-4-6-7-8-13-24-17-11-9-16(10-12-17)14-18(20-15(3)21)19(22)23-5-2/h4,9-12,18H,1,5-8,13-14H2,2-3H3,(H,20,21)/t18-/m0/s1. The van der Waals surface area contributed by atoms with Crippen LogP contribution in [0.3, 0.4) is 0 Å². The van der Waals surface area contributed by atoms with E-state index in [0.717, 1.165) is 30.6 Å². The van der Waals surface area contributed by atoms with Gasteiger partial charge in [-0.05, 0) is 43.9 Å². The molecule has 0 fully saturated rings. The van der Waals surface area contributed by atoms with Gasteiger partial charge in [-0.3, -0.25) is 4.79 Å². The summed E-state index contributed by atoms with van der Waals surface area (Å²) >= 11 is 0. The SMILES string of the molecule is C=CCCCCOc1ccc(C[C@H](NC(C)=O)C(=O)OCC)cc1. The second-order valence-electron chi connectivity index (χ2n) is 5.49. The molecule has 0 saturated heterocycles. The average Bonchev–Trinajstić information content (AvgIpc) is 2.55. The smallest absolute Gasteiger partial charge is 0.328 e. The van der Waals surface area contributed by atoms with E-state index in [1.807, 2.05) is 30.3 Å². The van der Waals surface area contributed by atoms with Crippen LogP contribution in [0.4, 0.5) is 0 Å². The van der Waals surface area contributed by atoms with Crippen molar-refractivity contribution in [2.75, 3.05) is 13.2 Å². The summed E-state index contributed by atoms with van der Waals surface area (Å²) in [4.78, 5) is 23.2. The maximum Gasteiger partial charge on any atom is 0.328 e. The zero-order valence-electron chi connectivity index (χ0n) is 14.5. The second kappa shape index (κ2) is 11.3. The third-order valence-electron chi connectivity index (χ3n) is 3.38. The number of carbonyl (C=O) groups is 2. The van der Waals surface area contributed by atoms with Crippen molar-refractivity contribution in [2.45, 2.75) is 45.6 Å². The van der Waals surface area contributed by atoms with Gasteiger partial charge in [0.05, 0.1) is 13.2 Å². The van der Waals surface area contributed by atoms with Gasteiger partial charge in [0.25, 0.3) is 0 Å². The molecule has 132 valence electrons. The van der Waals surface area contributed by atoms with E-state index in [1.54, 1.807) is 6.92 Å². The molecule has 0 aromatic heterocycles. The third-order valence-corrected chi connectivity index (χ3v) is 3.38. The summed E-state index contributed by atoms with van der Waals surface area (Å²) in [5.74, 6) is 0.118. The molecule has 1 N–H and O–H groups in total. The predicted molar refractivity (Wildman–Crippen MR) is 93.9 cm³/mol. The molecule has 1 aromatic carbocycles. The fourth-order valence-corrected chi connectivity index (χ4v) is 2.22. The van der Waals surface area contributed by atoms with Crippen LogP contribution in [-0.2, 0) is 20.7 Å². The van der Waals surface area contributed by atoms with Gasteiger partial charge in [0.15, 0.2) is 0 Å². The molecule has 0 unspecified atom stereocenters. The third kappa shape index (κ3) is 7.81. The van der Waals surface area contributed by atoms with Gasteiger partial charge in [0.2, 0.25) is 5.91 Å². The zero-order valence-corrected chi connectivity index (χ0v) is 14.5. The molecule has 0 radical (unpaired) electrons. The number of hydrogen-bond donors (Lipinski definition) is 1. The van der Waals surface area contributed by atoms with Gasteiger partial charge in [-0.1, -0.05) is 18.2 Å². The lowest BCUT2D eigenvalue weighted by Crippen LogP contribution is -2.42. The second-order valence-corrected chi connectivity index (χ2v) is 5.49. The number of amides is 1. The quantitative estimate of drug-likeness (QED) is 0.384. The molecule has 0 spiro atoms. The number of allylic oxidation sites excluding steroid dienone is 1. The van der Waals surface area contributed by atoms with Crippen LogP contribution in [0.5, 0.6) is 5.75 Å². The monoisotopic (exact) mass is 333 g/mol. The van der Waals surface area contributed by atoms with Gasteiger partial charge in [-0.25, -0.2) is 4.79 Å². The predicted octanol–water partition coefficient (Wildman–Crippen LogP) is 3.03. The molecular weight excluding hydrogens is 306 g/mol. The highest BCUT2D eigenvalue weighted by Crippen LogP contribution is 2.14. The average molecular weight is 333 g/mol. The Labute approximate surface area is 144 Å². The topological polar surface area (TPSA) is 64.6 Å². The van der Waals surface area contributed by atoms with Gasteiger partial charge >= 0.3 is 5.97 Å². The highest BCUT2D eigenvalue weighted by atomic mass is 16.5. The van der Waals surface area contributed by atoms with E-state index < -0.39 is 12.0 Å². The van der Waals surface area contributed by atoms with Crippen LogP contribution in [0.1, 0.15) is 38.7 Å². The molecule has 0 aliphatic carbocycles. The number of hydrogen-bond acceptors (Lipinski definition) is 4. The summed E-state index contributed by atoms with van der Waals surface area (Å²) < 4.78 is 10.7. The van der Waals surface area contributed by atoms with E-state index in [4.69, 9.17) is 9.47 Å². The molecule has 0 aliphatic rings. The van der Waals surface area contributed by atoms with Crippen LogP contribution in [0.2, 0.25) is 0 Å². The fraction of sp³-hybridized carbons (Fsp3) is 0.474. The first-order valence-corrected chi connectivity index (χ1v) is 8.33. The van der Waals surface area contributed by atoms with E-state index in [-0.39, 0.29) is 12.5 Å². The number of benzene rings is 1. The van der Waals surface area contributed by atoms with Crippen molar-refractivity contribution in [3.63, 3.8) is 0 Å². The Morgan fingerprint density at radius 3 is 2.54 bits per heavy atom. The molecule has 0 saturated carbocycles. The van der Waals surface area contributed by atoms with Crippen molar-refractivity contribution in [1.82, 2.24) is 5.32 Å². The van der Waals surface area contributed by atoms with Crippen molar-refractivity contribution >= 4 is 11.9 Å². The van der Waals surface area contributed by atoms with E-state index in [2.05, 4.69) is 11.9 Å². The Morgan fingerprint density at radius 1 is 1.25 bits per heavy atom. The number of ether oxygens (including phenoxy) is 2. The number of rotatable bonds is 11. The summed E-state index contributed by atoms with van der Waals surface area (Å²) in [6.07, 6.45) is 5.35. The van der Waals surface area contributed by atoms with Crippen LogP contribution in [0.15, 0.2) is 36.9 Å². The largest absolute Gasteiger partial charge is 0.494 e. The summed E-state index contributed by atoms with van der Waals surface area (Å²) in [6.45, 7) is 7.77. The minimum atomic E-state index is -0.673. The molecule has 1 atom stereocenters. The van der Waals surface area contributed by atoms with Crippen LogP contribution < -0.4 is 10.1 Å². The van der Waals surface area contributed by atoms with Crippen LogP contribution in [0, 0.1) is 0 Å². The van der Waals surface area contributed by atoms with Crippen molar-refractivity contribution in [3.05, 3.63) is 42.5 Å². The molecule has 1 rings (SSSR count). The summed E-state index contributed by atoms with van der Waals surface area (Å²) in [5.41, 5.74) is 0.931. The van der Waals surface area contributed by atoms with Gasteiger partial charge in [-0.15, -0.1) is 6.58 Å². The maximum atomic E-state index is 11.9. The highest BCUT2D eigenvalue weighted by Gasteiger charge is 2.21. The Bertz CT molecular complexity index is 525. The fourth-order valence-electron chi connectivity index (χ4n) is 2.22. The lowest BCUT2D eigenvalue weighted by atomic mass is 10.1. The van der Waals surface area contributed by atoms with E-state index >= 15 is 0 Å². The van der Waals surface area contributed by atoms with Crippen LogP contribution in [-0.4, -0.2) is 31.1 Å². The summed E-state index contributed by atoms with van der Waals surface area (Å²) in [7, 11) is 0. The molecule has 24 heavy (non-hydrogen) atoms. The lowest BCUT2D eigenvalue weighted by molar-refractivity contribution is -0.147. The number of nitrogens with one attached hydrogen (secondary N) is 1. The molecule has 5 heteroatoms. The number of carbonyl (C=O) groups excluding carboxylic acids is 2. The van der Waals surface area contributed by atoms with Gasteiger partial charge in [0.1, 0.15) is 11.8 Å². The molecule has 1 amide bonds. The maximum absolute atomic E-state index is 11.9. The van der Waals surface area contributed by atoms with Gasteiger partial charge < -0.3 is 14.8 Å². The molecule has 0 bridgehead atoms. The van der Waals surface area contributed by atoms with Crippen molar-refractivity contribution in [1.29, 1.82) is 0 Å². The molecular formula is C19H27NO4. The summed E-state index contributed by atoms with van der Waals surface area (Å²) in [5, 5.41) is 2.63. The first-order valence-electron chi connectivity index (χ1n) is 8.33. The first kappa shape index (κ1) is 19.7. The minimum absolute atomic E-state index is 0.257. The van der Waals surface area contributed by atoms with E-state index in [1.165, 1.54) is 6.92 Å². The van der Waals surface area contributed by atoms with Crippen LogP contribution >= 0.6 is 0 Å². The summed E-state index contributed by atoms with van der Waals surface area (Å²) in [6, 6.07) is 6.87. The Kier molecular flexibility index (Phi) is 9.27. The van der Waals surface area contributed by atoms with Crippen molar-refractivity contribution in [3.8, 4) is 5.75 Å². The first-order chi connectivity index (χ1) is 11.6. The minimum Gasteiger partial charge on any atom is -0.494 e.